The Bertz CT molecular complexity index is 1680. The Morgan fingerprint density at radius 2 is 1.61 bits per heavy atom. The second kappa shape index (κ2) is 10.4. The van der Waals surface area contributed by atoms with Gasteiger partial charge in [-0.3, -0.25) is 19.6 Å². The number of nitrogens with zero attached hydrogens (tertiary/aromatic N) is 2. The maximum absolute atomic E-state index is 14.2. The third-order valence-corrected chi connectivity index (χ3v) is 7.09. The minimum absolute atomic E-state index is 0.0544. The fraction of sp³-hybridized carbons (Fsp3) is 0.0385. The highest BCUT2D eigenvalue weighted by atomic mass is 79.9. The van der Waals surface area contributed by atoms with Crippen molar-refractivity contribution in [3.63, 3.8) is 0 Å². The average molecular weight is 637 g/mol. The molecule has 0 unspecified atom stereocenters. The van der Waals surface area contributed by atoms with Crippen LogP contribution in [0.15, 0.2) is 75.6 Å². The lowest BCUT2D eigenvalue weighted by atomic mass is 10.1. The van der Waals surface area contributed by atoms with Crippen molar-refractivity contribution < 1.29 is 14.0 Å². The maximum atomic E-state index is 14.2. The van der Waals surface area contributed by atoms with E-state index in [1.807, 2.05) is 0 Å². The summed E-state index contributed by atoms with van der Waals surface area (Å²) in [6.45, 7) is -0.278. The third kappa shape index (κ3) is 4.90. The number of imide groups is 1. The van der Waals surface area contributed by atoms with E-state index in [0.29, 0.717) is 20.8 Å². The first-order valence-corrected chi connectivity index (χ1v) is 12.9. The summed E-state index contributed by atoms with van der Waals surface area (Å²) in [5, 5.41) is 6.34. The standard InChI is InChI=1S/C26H15BrCl3FN4O3/c27-15-9-18(29)23(19(30)10-15)35-24(36)17(22(33-35)13-5-7-16(28)8-6-13)11-21-25(37)34(26(38)32-21)12-14-3-1-2-4-20(14)31/h1-11,33H,12H2,(H,32,38)/b21-11-. The van der Waals surface area contributed by atoms with E-state index in [4.69, 9.17) is 34.8 Å². The average Bonchev–Trinajstić information content (AvgIpc) is 3.31. The van der Waals surface area contributed by atoms with Gasteiger partial charge in [-0.15, -0.1) is 0 Å². The summed E-state index contributed by atoms with van der Waals surface area (Å²) in [4.78, 5) is 40.3. The number of hydrogen-bond donors (Lipinski definition) is 2. The zero-order chi connectivity index (χ0) is 27.1. The monoisotopic (exact) mass is 634 g/mol. The zero-order valence-corrected chi connectivity index (χ0v) is 22.9. The van der Waals surface area contributed by atoms with Crippen molar-refractivity contribution in [3.05, 3.63) is 113 Å². The summed E-state index contributed by atoms with van der Waals surface area (Å²) in [6, 6.07) is 14.9. The molecular formula is C26H15BrCl3FN4O3. The molecular weight excluding hydrogens is 622 g/mol. The number of H-pyrrole nitrogens is 1. The number of amides is 3. The molecule has 12 heteroatoms. The van der Waals surface area contributed by atoms with Gasteiger partial charge < -0.3 is 5.32 Å². The van der Waals surface area contributed by atoms with E-state index in [0.717, 1.165) is 9.58 Å². The normalized spacial score (nSPS) is 14.4. The number of benzene rings is 3. The van der Waals surface area contributed by atoms with E-state index in [1.165, 1.54) is 24.3 Å². The molecule has 3 amide bonds. The predicted octanol–water partition coefficient (Wildman–Crippen LogP) is 6.79. The zero-order valence-electron chi connectivity index (χ0n) is 19.1. The number of hydrogen-bond acceptors (Lipinski definition) is 3. The molecule has 2 N–H and O–H groups in total. The molecule has 0 aliphatic carbocycles. The molecule has 0 atom stereocenters. The van der Waals surface area contributed by atoms with Crippen LogP contribution in [0.1, 0.15) is 11.1 Å². The number of aromatic amines is 1. The van der Waals surface area contributed by atoms with Crippen molar-refractivity contribution in [2.75, 3.05) is 0 Å². The molecule has 7 nitrogen and oxygen atoms in total. The number of urea groups is 1. The number of carbonyl (C=O) groups is 2. The largest absolute Gasteiger partial charge is 0.329 e. The Kier molecular flexibility index (Phi) is 7.19. The van der Waals surface area contributed by atoms with Crippen LogP contribution in [0.25, 0.3) is 23.0 Å². The second-order valence-electron chi connectivity index (χ2n) is 8.24. The van der Waals surface area contributed by atoms with E-state index in [2.05, 4.69) is 26.3 Å². The van der Waals surface area contributed by atoms with Gasteiger partial charge in [0.05, 0.1) is 27.8 Å². The molecule has 1 aliphatic rings. The van der Waals surface area contributed by atoms with Crippen molar-refractivity contribution >= 4 is 68.7 Å². The fourth-order valence-corrected chi connectivity index (χ4v) is 5.49. The molecule has 3 aromatic carbocycles. The lowest BCUT2D eigenvalue weighted by Gasteiger charge is -2.12. The summed E-state index contributed by atoms with van der Waals surface area (Å²) in [7, 11) is 0. The van der Waals surface area contributed by atoms with Gasteiger partial charge in [-0.25, -0.2) is 13.9 Å². The summed E-state index contributed by atoms with van der Waals surface area (Å²) >= 11 is 22.2. The van der Waals surface area contributed by atoms with Crippen LogP contribution in [0.5, 0.6) is 0 Å². The van der Waals surface area contributed by atoms with Crippen LogP contribution in [-0.4, -0.2) is 26.6 Å². The maximum Gasteiger partial charge on any atom is 0.329 e. The topological polar surface area (TPSA) is 87.2 Å². The number of rotatable bonds is 5. The second-order valence-corrected chi connectivity index (χ2v) is 10.4. The van der Waals surface area contributed by atoms with E-state index >= 15 is 0 Å². The highest BCUT2D eigenvalue weighted by Gasteiger charge is 2.35. The smallest absolute Gasteiger partial charge is 0.303 e. The molecule has 0 bridgehead atoms. The summed E-state index contributed by atoms with van der Waals surface area (Å²) in [6.07, 6.45) is 1.27. The first-order chi connectivity index (χ1) is 18.1. The van der Waals surface area contributed by atoms with Gasteiger partial charge in [0.25, 0.3) is 11.5 Å². The highest BCUT2D eigenvalue weighted by Crippen LogP contribution is 2.33. The van der Waals surface area contributed by atoms with Crippen LogP contribution < -0.4 is 10.9 Å². The molecule has 2 heterocycles. The molecule has 38 heavy (non-hydrogen) atoms. The van der Waals surface area contributed by atoms with E-state index in [9.17, 15) is 18.8 Å². The summed E-state index contributed by atoms with van der Waals surface area (Å²) in [5.74, 6) is -1.26. The first-order valence-electron chi connectivity index (χ1n) is 11.0. The van der Waals surface area contributed by atoms with Crippen LogP contribution in [0, 0.1) is 5.82 Å². The van der Waals surface area contributed by atoms with Gasteiger partial charge in [0.1, 0.15) is 17.2 Å². The van der Waals surface area contributed by atoms with E-state index in [1.54, 1.807) is 42.5 Å². The minimum Gasteiger partial charge on any atom is -0.303 e. The quantitative estimate of drug-likeness (QED) is 0.187. The Morgan fingerprint density at radius 1 is 0.947 bits per heavy atom. The van der Waals surface area contributed by atoms with Crippen LogP contribution >= 0.6 is 50.7 Å². The molecule has 5 rings (SSSR count). The van der Waals surface area contributed by atoms with Gasteiger partial charge in [0, 0.05) is 20.6 Å². The van der Waals surface area contributed by atoms with Crippen molar-refractivity contribution in [1.82, 2.24) is 20.0 Å². The molecule has 1 aromatic heterocycles. The Balaban J connectivity index is 1.63. The number of aromatic nitrogens is 2. The molecule has 0 saturated carbocycles. The van der Waals surface area contributed by atoms with Gasteiger partial charge >= 0.3 is 6.03 Å². The van der Waals surface area contributed by atoms with E-state index < -0.39 is 23.3 Å². The van der Waals surface area contributed by atoms with Crippen molar-refractivity contribution in [1.29, 1.82) is 0 Å². The lowest BCUT2D eigenvalue weighted by Crippen LogP contribution is -2.30. The Labute approximate surface area is 238 Å². The molecule has 1 fully saturated rings. The van der Waals surface area contributed by atoms with Gasteiger partial charge in [-0.2, -0.15) is 0 Å². The number of nitrogens with one attached hydrogen (secondary N) is 2. The first kappa shape index (κ1) is 26.2. The molecule has 0 radical (unpaired) electrons. The summed E-state index contributed by atoms with van der Waals surface area (Å²) in [5.41, 5.74) is 0.581. The Hall–Kier alpha value is -3.37. The van der Waals surface area contributed by atoms with Gasteiger partial charge in [-0.1, -0.05) is 81.1 Å². The van der Waals surface area contributed by atoms with Crippen LogP contribution in [-0.2, 0) is 11.3 Å². The molecule has 4 aromatic rings. The SMILES string of the molecule is O=C1N/C(=C\c2c(-c3ccc(Cl)cc3)[nH]n(-c3c(Cl)cc(Br)cc3Cl)c2=O)C(=O)N1Cc1ccccc1F. The summed E-state index contributed by atoms with van der Waals surface area (Å²) < 4.78 is 15.9. The molecule has 0 spiro atoms. The number of halogens is 5. The van der Waals surface area contributed by atoms with Crippen molar-refractivity contribution in [2.24, 2.45) is 0 Å². The molecule has 1 aliphatic heterocycles. The fourth-order valence-electron chi connectivity index (χ4n) is 3.98. The molecule has 1 saturated heterocycles. The van der Waals surface area contributed by atoms with Crippen molar-refractivity contribution in [3.8, 4) is 16.9 Å². The van der Waals surface area contributed by atoms with E-state index in [-0.39, 0.29) is 39.1 Å². The van der Waals surface area contributed by atoms with Gasteiger partial charge in [-0.05, 0) is 36.4 Å². The Morgan fingerprint density at radius 3 is 2.26 bits per heavy atom. The minimum atomic E-state index is -0.743. The number of carbonyl (C=O) groups excluding carboxylic acids is 2. The highest BCUT2D eigenvalue weighted by molar-refractivity contribution is 9.10. The van der Waals surface area contributed by atoms with Crippen LogP contribution in [0.4, 0.5) is 9.18 Å². The lowest BCUT2D eigenvalue weighted by molar-refractivity contribution is -0.123. The van der Waals surface area contributed by atoms with Gasteiger partial charge in [0.15, 0.2) is 0 Å². The molecule has 192 valence electrons. The third-order valence-electron chi connectivity index (χ3n) is 5.80. The van der Waals surface area contributed by atoms with Gasteiger partial charge in [0.2, 0.25) is 0 Å². The van der Waals surface area contributed by atoms with Crippen LogP contribution in [0.2, 0.25) is 15.1 Å². The van der Waals surface area contributed by atoms with Crippen molar-refractivity contribution in [2.45, 2.75) is 6.54 Å². The van der Waals surface area contributed by atoms with Crippen LogP contribution in [0.3, 0.4) is 0 Å². The predicted molar refractivity (Wildman–Crippen MR) is 148 cm³/mol.